The van der Waals surface area contributed by atoms with Gasteiger partial charge in [0.1, 0.15) is 5.78 Å². The van der Waals surface area contributed by atoms with Crippen molar-refractivity contribution in [1.29, 1.82) is 0 Å². The van der Waals surface area contributed by atoms with Crippen molar-refractivity contribution in [3.63, 3.8) is 0 Å². The molecule has 0 aromatic carbocycles. The van der Waals surface area contributed by atoms with E-state index >= 15 is 0 Å². The number of hydrogen-bond donors (Lipinski definition) is 1. The van der Waals surface area contributed by atoms with E-state index in [2.05, 4.69) is 0 Å². The number of amides is 1. The summed E-state index contributed by atoms with van der Waals surface area (Å²) in [6, 6.07) is 0. The van der Waals surface area contributed by atoms with Crippen molar-refractivity contribution in [2.75, 3.05) is 6.54 Å². The summed E-state index contributed by atoms with van der Waals surface area (Å²) in [6.07, 6.45) is -2.89. The monoisotopic (exact) mass is 165 g/mol. The molecule has 0 saturated carbocycles. The summed E-state index contributed by atoms with van der Waals surface area (Å²) in [5, 5.41) is 1.90. The molecule has 0 aromatic rings. The van der Waals surface area contributed by atoms with Gasteiger partial charge in [-0.25, -0.2) is 8.78 Å². The summed E-state index contributed by atoms with van der Waals surface area (Å²) in [5.74, 6) is -0.991. The van der Waals surface area contributed by atoms with Gasteiger partial charge >= 0.3 is 0 Å². The van der Waals surface area contributed by atoms with Crippen molar-refractivity contribution >= 4 is 11.7 Å². The molecule has 0 unspecified atom stereocenters. The van der Waals surface area contributed by atoms with Crippen LogP contribution in [0.25, 0.3) is 0 Å². The highest BCUT2D eigenvalue weighted by Crippen LogP contribution is 1.88. The van der Waals surface area contributed by atoms with E-state index < -0.39 is 18.9 Å². The lowest BCUT2D eigenvalue weighted by atomic mass is 10.3. The summed E-state index contributed by atoms with van der Waals surface area (Å²) >= 11 is 0. The maximum atomic E-state index is 11.4. The lowest BCUT2D eigenvalue weighted by molar-refractivity contribution is -0.127. The van der Waals surface area contributed by atoms with Crippen molar-refractivity contribution in [2.24, 2.45) is 0 Å². The normalized spacial score (nSPS) is 9.82. The maximum Gasteiger partial charge on any atom is 0.255 e. The minimum Gasteiger partial charge on any atom is -0.350 e. The number of halogens is 2. The van der Waals surface area contributed by atoms with Crippen LogP contribution in [0, 0.1) is 0 Å². The number of ketones is 1. The Labute approximate surface area is 62.8 Å². The van der Waals surface area contributed by atoms with Crippen molar-refractivity contribution in [3.05, 3.63) is 0 Å². The topological polar surface area (TPSA) is 46.2 Å². The summed E-state index contributed by atoms with van der Waals surface area (Å²) in [5.41, 5.74) is 0. The molecule has 0 heterocycles. The Morgan fingerprint density at radius 1 is 1.45 bits per heavy atom. The smallest absolute Gasteiger partial charge is 0.255 e. The van der Waals surface area contributed by atoms with E-state index in [0.29, 0.717) is 0 Å². The molecule has 0 rings (SSSR count). The van der Waals surface area contributed by atoms with Gasteiger partial charge in [-0.1, -0.05) is 0 Å². The Hall–Kier alpha value is -1.00. The number of rotatable bonds is 4. The first-order chi connectivity index (χ1) is 5.02. The lowest BCUT2D eigenvalue weighted by Crippen LogP contribution is -2.29. The van der Waals surface area contributed by atoms with Crippen LogP contribution in [0.2, 0.25) is 0 Å². The Kier molecular flexibility index (Phi) is 4.33. The highest BCUT2D eigenvalue weighted by molar-refractivity contribution is 5.96. The van der Waals surface area contributed by atoms with E-state index in [1.54, 1.807) is 0 Å². The van der Waals surface area contributed by atoms with Crippen LogP contribution in [-0.2, 0) is 9.59 Å². The molecule has 3 nitrogen and oxygen atoms in total. The fourth-order valence-corrected chi connectivity index (χ4v) is 0.480. The van der Waals surface area contributed by atoms with E-state index in [4.69, 9.17) is 0 Å². The molecule has 0 aliphatic heterocycles. The predicted octanol–water partition coefficient (Wildman–Crippen LogP) is 0.347. The van der Waals surface area contributed by atoms with Crippen LogP contribution in [-0.4, -0.2) is 24.7 Å². The second kappa shape index (κ2) is 4.76. The Morgan fingerprint density at radius 2 is 2.00 bits per heavy atom. The Bertz CT molecular complexity index is 159. The average molecular weight is 165 g/mol. The molecule has 1 N–H and O–H groups in total. The molecule has 0 spiro atoms. The highest BCUT2D eigenvalue weighted by atomic mass is 19.3. The third-order valence-corrected chi connectivity index (χ3v) is 0.863. The van der Waals surface area contributed by atoms with Gasteiger partial charge < -0.3 is 5.32 Å². The van der Waals surface area contributed by atoms with Gasteiger partial charge in [-0.3, -0.25) is 9.59 Å². The molecule has 1 amide bonds. The van der Waals surface area contributed by atoms with Crippen LogP contribution in [0.3, 0.4) is 0 Å². The van der Waals surface area contributed by atoms with Gasteiger partial charge in [-0.15, -0.1) is 0 Å². The molecule has 5 heteroatoms. The van der Waals surface area contributed by atoms with Crippen molar-refractivity contribution < 1.29 is 18.4 Å². The van der Waals surface area contributed by atoms with E-state index in [1.807, 2.05) is 5.32 Å². The Morgan fingerprint density at radius 3 is 2.36 bits per heavy atom. The number of carbonyl (C=O) groups excluding carboxylic acids is 2. The van der Waals surface area contributed by atoms with E-state index in [-0.39, 0.29) is 12.2 Å². The first kappa shape index (κ1) is 10.0. The number of carbonyl (C=O) groups is 2. The van der Waals surface area contributed by atoms with Gasteiger partial charge in [0.05, 0.1) is 13.0 Å². The van der Waals surface area contributed by atoms with Crippen LogP contribution in [0.4, 0.5) is 8.78 Å². The second-order valence-electron chi connectivity index (χ2n) is 2.07. The third kappa shape index (κ3) is 6.89. The fourth-order valence-electron chi connectivity index (χ4n) is 0.480. The number of alkyl halides is 2. The summed E-state index contributed by atoms with van der Waals surface area (Å²) in [6.45, 7) is 0.536. The second-order valence-corrected chi connectivity index (χ2v) is 2.07. The first-order valence-corrected chi connectivity index (χ1v) is 3.06. The molecule has 0 atom stereocenters. The standard InChI is InChI=1S/C6H9F2NO2/c1-4(10)2-6(11)9-3-5(7)8/h5H,2-3H2,1H3,(H,9,11). The molecule has 0 aromatic heterocycles. The van der Waals surface area contributed by atoms with E-state index in [0.717, 1.165) is 0 Å². The van der Waals surface area contributed by atoms with Gasteiger partial charge in [0.25, 0.3) is 6.43 Å². The number of hydrogen-bond acceptors (Lipinski definition) is 2. The van der Waals surface area contributed by atoms with Crippen LogP contribution in [0.5, 0.6) is 0 Å². The summed E-state index contributed by atoms with van der Waals surface area (Å²) < 4.78 is 22.9. The predicted molar refractivity (Wildman–Crippen MR) is 34.3 cm³/mol. The maximum absolute atomic E-state index is 11.4. The largest absolute Gasteiger partial charge is 0.350 e. The molecule has 11 heavy (non-hydrogen) atoms. The first-order valence-electron chi connectivity index (χ1n) is 3.06. The van der Waals surface area contributed by atoms with Gasteiger partial charge in [-0.2, -0.15) is 0 Å². The minimum atomic E-state index is -2.56. The van der Waals surface area contributed by atoms with Crippen molar-refractivity contribution in [1.82, 2.24) is 5.32 Å². The molecule has 0 fully saturated rings. The van der Waals surface area contributed by atoms with Gasteiger partial charge in [0.15, 0.2) is 0 Å². The molecular weight excluding hydrogens is 156 g/mol. The average Bonchev–Trinajstić information content (AvgIpc) is 1.82. The van der Waals surface area contributed by atoms with E-state index in [1.165, 1.54) is 6.92 Å². The van der Waals surface area contributed by atoms with Crippen LogP contribution < -0.4 is 5.32 Å². The molecule has 0 saturated heterocycles. The van der Waals surface area contributed by atoms with Crippen molar-refractivity contribution in [2.45, 2.75) is 19.8 Å². The Balaban J connectivity index is 3.46. The zero-order chi connectivity index (χ0) is 8.85. The molecule has 64 valence electrons. The minimum absolute atomic E-state index is 0.327. The molecule has 0 aliphatic rings. The number of Topliss-reactive ketones (excluding diaryl/α,β-unsaturated/α-hetero) is 1. The number of nitrogens with one attached hydrogen (secondary N) is 1. The van der Waals surface area contributed by atoms with Gasteiger partial charge in [0.2, 0.25) is 5.91 Å². The zero-order valence-electron chi connectivity index (χ0n) is 6.06. The highest BCUT2D eigenvalue weighted by Gasteiger charge is 2.07. The molecule has 0 radical (unpaired) electrons. The molecular formula is C6H9F2NO2. The zero-order valence-corrected chi connectivity index (χ0v) is 6.06. The summed E-state index contributed by atoms with van der Waals surface area (Å²) in [7, 11) is 0. The summed E-state index contributed by atoms with van der Waals surface area (Å²) in [4.78, 5) is 20.7. The van der Waals surface area contributed by atoms with Gasteiger partial charge in [-0.05, 0) is 6.92 Å². The van der Waals surface area contributed by atoms with E-state index in [9.17, 15) is 18.4 Å². The van der Waals surface area contributed by atoms with Crippen LogP contribution >= 0.6 is 0 Å². The van der Waals surface area contributed by atoms with Crippen molar-refractivity contribution in [3.8, 4) is 0 Å². The molecule has 0 aliphatic carbocycles. The van der Waals surface area contributed by atoms with Crippen LogP contribution in [0.1, 0.15) is 13.3 Å². The SMILES string of the molecule is CC(=O)CC(=O)NCC(F)F. The quantitative estimate of drug-likeness (QED) is 0.611. The van der Waals surface area contributed by atoms with Crippen LogP contribution in [0.15, 0.2) is 0 Å². The molecule has 0 bridgehead atoms. The third-order valence-electron chi connectivity index (χ3n) is 0.863. The van der Waals surface area contributed by atoms with Gasteiger partial charge in [0, 0.05) is 0 Å². The fraction of sp³-hybridized carbons (Fsp3) is 0.667. The lowest BCUT2D eigenvalue weighted by Gasteiger charge is -2.00.